The lowest BCUT2D eigenvalue weighted by Crippen LogP contribution is -2.41. The van der Waals surface area contributed by atoms with E-state index in [9.17, 15) is 18.0 Å². The lowest BCUT2D eigenvalue weighted by Gasteiger charge is -2.08. The summed E-state index contributed by atoms with van der Waals surface area (Å²) in [4.78, 5) is 23.9. The van der Waals surface area contributed by atoms with Gasteiger partial charge in [-0.05, 0) is 42.3 Å². The number of hydrogen-bond acceptors (Lipinski definition) is 4. The molecule has 0 spiro atoms. The molecule has 0 heterocycles. The molecule has 2 rings (SSSR count). The maximum absolute atomic E-state index is 12.0. The molecule has 0 saturated carbocycles. The molecule has 0 aliphatic carbocycles. The zero-order valence-corrected chi connectivity index (χ0v) is 15.9. The van der Waals surface area contributed by atoms with E-state index < -0.39 is 15.7 Å². The van der Waals surface area contributed by atoms with Gasteiger partial charge in [-0.15, -0.1) is 0 Å². The Hall–Kier alpha value is -2.19. The van der Waals surface area contributed by atoms with Gasteiger partial charge >= 0.3 is 0 Å². The number of halogens is 1. The Bertz CT molecular complexity index is 880. The lowest BCUT2D eigenvalue weighted by molar-refractivity contribution is -0.121. The fourth-order valence-corrected chi connectivity index (χ4v) is 3.18. The Labute approximate surface area is 154 Å². The van der Waals surface area contributed by atoms with Crippen molar-refractivity contribution in [2.45, 2.75) is 17.7 Å². The third kappa shape index (κ3) is 5.68. The molecule has 0 aliphatic rings. The number of carbonyl (C=O) groups excluding carboxylic acids is 2. The molecule has 0 bridgehead atoms. The summed E-state index contributed by atoms with van der Waals surface area (Å²) in [6.07, 6.45) is 1.84. The summed E-state index contributed by atoms with van der Waals surface area (Å²) in [5, 5.41) is 0. The Kier molecular flexibility index (Phi) is 6.33. The topological polar surface area (TPSA) is 92.3 Å². The van der Waals surface area contributed by atoms with Crippen molar-refractivity contribution >= 4 is 37.6 Å². The minimum Gasteiger partial charge on any atom is -0.273 e. The first-order valence-corrected chi connectivity index (χ1v) is 10.1. The van der Waals surface area contributed by atoms with Crippen LogP contribution in [0.1, 0.15) is 22.3 Å². The van der Waals surface area contributed by atoms with Crippen LogP contribution in [0.5, 0.6) is 0 Å². The maximum Gasteiger partial charge on any atom is 0.269 e. The summed E-state index contributed by atoms with van der Waals surface area (Å²) in [6.45, 7) is 0. The minimum atomic E-state index is -3.31. The van der Waals surface area contributed by atoms with Crippen LogP contribution in [0.15, 0.2) is 57.9 Å². The van der Waals surface area contributed by atoms with Crippen molar-refractivity contribution in [3.63, 3.8) is 0 Å². The normalized spacial score (nSPS) is 11.0. The molecule has 2 N–H and O–H groups in total. The van der Waals surface area contributed by atoms with Gasteiger partial charge in [0.2, 0.25) is 5.91 Å². The van der Waals surface area contributed by atoms with E-state index in [0.29, 0.717) is 6.42 Å². The van der Waals surface area contributed by atoms with E-state index in [1.165, 1.54) is 24.3 Å². The summed E-state index contributed by atoms with van der Waals surface area (Å²) in [5.41, 5.74) is 5.90. The molecule has 0 aliphatic heterocycles. The highest BCUT2D eigenvalue weighted by Gasteiger charge is 2.11. The van der Waals surface area contributed by atoms with Crippen LogP contribution in [0, 0.1) is 0 Å². The van der Waals surface area contributed by atoms with Crippen molar-refractivity contribution in [2.75, 3.05) is 6.26 Å². The second-order valence-electron chi connectivity index (χ2n) is 5.39. The van der Waals surface area contributed by atoms with E-state index in [-0.39, 0.29) is 22.8 Å². The van der Waals surface area contributed by atoms with Crippen LogP contribution < -0.4 is 10.9 Å². The number of carbonyl (C=O) groups is 2. The number of benzene rings is 2. The zero-order chi connectivity index (χ0) is 18.4. The van der Waals surface area contributed by atoms with Gasteiger partial charge in [0.25, 0.3) is 5.91 Å². The molecule has 2 aromatic rings. The fourth-order valence-electron chi connectivity index (χ4n) is 2.06. The van der Waals surface area contributed by atoms with Crippen molar-refractivity contribution in [3.8, 4) is 0 Å². The molecule has 2 amide bonds. The summed E-state index contributed by atoms with van der Waals surface area (Å²) in [5.74, 6) is -0.842. The SMILES string of the molecule is CS(=O)(=O)c1ccc(C(=O)NNC(=O)CCc2ccccc2Br)cc1. The molecule has 0 atom stereocenters. The third-order valence-electron chi connectivity index (χ3n) is 3.44. The molecule has 25 heavy (non-hydrogen) atoms. The molecular weight excluding hydrogens is 408 g/mol. The second-order valence-corrected chi connectivity index (χ2v) is 8.26. The summed E-state index contributed by atoms with van der Waals surface area (Å²) < 4.78 is 23.7. The number of hydrazine groups is 1. The number of rotatable bonds is 5. The monoisotopic (exact) mass is 424 g/mol. The van der Waals surface area contributed by atoms with Crippen LogP contribution in [0.3, 0.4) is 0 Å². The van der Waals surface area contributed by atoms with E-state index in [2.05, 4.69) is 26.8 Å². The molecule has 2 aromatic carbocycles. The third-order valence-corrected chi connectivity index (χ3v) is 5.34. The molecular formula is C17H17BrN2O4S. The van der Waals surface area contributed by atoms with Crippen molar-refractivity contribution < 1.29 is 18.0 Å². The molecule has 8 heteroatoms. The summed E-state index contributed by atoms with van der Waals surface area (Å²) in [7, 11) is -3.31. The van der Waals surface area contributed by atoms with E-state index in [1.807, 2.05) is 24.3 Å². The molecule has 132 valence electrons. The van der Waals surface area contributed by atoms with Crippen LogP contribution in [0.4, 0.5) is 0 Å². The average Bonchev–Trinajstić information content (AvgIpc) is 2.58. The number of amides is 2. The van der Waals surface area contributed by atoms with Gasteiger partial charge in [0.05, 0.1) is 4.90 Å². The summed E-state index contributed by atoms with van der Waals surface area (Å²) in [6, 6.07) is 13.1. The first kappa shape index (κ1) is 19.1. The van der Waals surface area contributed by atoms with Gasteiger partial charge in [-0.2, -0.15) is 0 Å². The lowest BCUT2D eigenvalue weighted by atomic mass is 10.1. The highest BCUT2D eigenvalue weighted by molar-refractivity contribution is 9.10. The Morgan fingerprint density at radius 2 is 1.64 bits per heavy atom. The number of sulfone groups is 1. The number of aryl methyl sites for hydroxylation is 1. The van der Waals surface area contributed by atoms with Crippen molar-refractivity contribution in [2.24, 2.45) is 0 Å². The van der Waals surface area contributed by atoms with Gasteiger partial charge < -0.3 is 0 Å². The van der Waals surface area contributed by atoms with E-state index in [4.69, 9.17) is 0 Å². The van der Waals surface area contributed by atoms with Gasteiger partial charge in [-0.25, -0.2) is 8.42 Å². The molecule has 0 radical (unpaired) electrons. The predicted octanol–water partition coefficient (Wildman–Crippen LogP) is 2.25. The van der Waals surface area contributed by atoms with Crippen molar-refractivity contribution in [3.05, 3.63) is 64.1 Å². The van der Waals surface area contributed by atoms with Gasteiger partial charge in [-0.3, -0.25) is 20.4 Å². The molecule has 0 unspecified atom stereocenters. The van der Waals surface area contributed by atoms with E-state index in [0.717, 1.165) is 16.3 Å². The molecule has 0 saturated heterocycles. The van der Waals surface area contributed by atoms with E-state index in [1.54, 1.807) is 0 Å². The first-order chi connectivity index (χ1) is 11.8. The zero-order valence-electron chi connectivity index (χ0n) is 13.5. The molecule has 6 nitrogen and oxygen atoms in total. The standard InChI is InChI=1S/C17H17BrN2O4S/c1-25(23,24)14-9-6-13(7-10-14)17(22)20-19-16(21)11-8-12-4-2-3-5-15(12)18/h2-7,9-10H,8,11H2,1H3,(H,19,21)(H,20,22). The molecule has 0 fully saturated rings. The smallest absolute Gasteiger partial charge is 0.269 e. The highest BCUT2D eigenvalue weighted by atomic mass is 79.9. The van der Waals surface area contributed by atoms with Crippen LogP contribution in [0.2, 0.25) is 0 Å². The van der Waals surface area contributed by atoms with Gasteiger partial charge in [0.1, 0.15) is 0 Å². The van der Waals surface area contributed by atoms with Gasteiger partial charge in [0.15, 0.2) is 9.84 Å². The van der Waals surface area contributed by atoms with Crippen molar-refractivity contribution in [1.82, 2.24) is 10.9 Å². The molecule has 0 aromatic heterocycles. The van der Waals surface area contributed by atoms with Crippen LogP contribution >= 0.6 is 15.9 Å². The van der Waals surface area contributed by atoms with Crippen LogP contribution in [-0.4, -0.2) is 26.5 Å². The largest absolute Gasteiger partial charge is 0.273 e. The maximum atomic E-state index is 12.0. The second kappa shape index (κ2) is 8.26. The fraction of sp³-hybridized carbons (Fsp3) is 0.176. The quantitative estimate of drug-likeness (QED) is 0.719. The van der Waals surface area contributed by atoms with Gasteiger partial charge in [0, 0.05) is 22.7 Å². The number of hydrogen-bond donors (Lipinski definition) is 2. The Morgan fingerprint density at radius 1 is 1.00 bits per heavy atom. The minimum absolute atomic E-state index is 0.126. The highest BCUT2D eigenvalue weighted by Crippen LogP contribution is 2.17. The Morgan fingerprint density at radius 3 is 2.24 bits per heavy atom. The van der Waals surface area contributed by atoms with Crippen molar-refractivity contribution in [1.29, 1.82) is 0 Å². The summed E-state index contributed by atoms with van der Waals surface area (Å²) >= 11 is 3.41. The first-order valence-electron chi connectivity index (χ1n) is 7.40. The average molecular weight is 425 g/mol. The van der Waals surface area contributed by atoms with Gasteiger partial charge in [-0.1, -0.05) is 34.1 Å². The Balaban J connectivity index is 1.85. The van der Waals surface area contributed by atoms with E-state index >= 15 is 0 Å². The number of nitrogens with one attached hydrogen (secondary N) is 2. The predicted molar refractivity (Wildman–Crippen MR) is 97.6 cm³/mol. The van der Waals surface area contributed by atoms with Crippen LogP contribution in [-0.2, 0) is 21.1 Å². The van der Waals surface area contributed by atoms with Crippen LogP contribution in [0.25, 0.3) is 0 Å².